The van der Waals surface area contributed by atoms with Crippen molar-refractivity contribution >= 4 is 27.6 Å². The van der Waals surface area contributed by atoms with Gasteiger partial charge in [0.25, 0.3) is 5.91 Å². The van der Waals surface area contributed by atoms with E-state index in [1.807, 2.05) is 0 Å². The van der Waals surface area contributed by atoms with Gasteiger partial charge >= 0.3 is 5.97 Å². The molecular weight excluding hydrogens is 286 g/mol. The van der Waals surface area contributed by atoms with Crippen molar-refractivity contribution in [3.63, 3.8) is 0 Å². The average Bonchev–Trinajstić information content (AvgIpc) is 2.37. The monoisotopic (exact) mass is 301 g/mol. The fraction of sp³-hybridized carbons (Fsp3) is 0.273. The van der Waals surface area contributed by atoms with Gasteiger partial charge in [-0.1, -0.05) is 0 Å². The number of hydrogen-bond acceptors (Lipinski definition) is 6. The zero-order chi connectivity index (χ0) is 15.3. The molecule has 1 aromatic carbocycles. The van der Waals surface area contributed by atoms with Crippen molar-refractivity contribution in [1.29, 1.82) is 0 Å². The molecule has 8 nitrogen and oxygen atoms in total. The Bertz CT molecular complexity index is 597. The SMILES string of the molecule is CCOC(=O)C(N)C(=O)Nc1ccc(S(N)(=O)=O)cc1. The third-order valence-electron chi connectivity index (χ3n) is 2.27. The molecule has 20 heavy (non-hydrogen) atoms. The molecule has 1 atom stereocenters. The van der Waals surface area contributed by atoms with Gasteiger partial charge in [-0.3, -0.25) is 4.79 Å². The lowest BCUT2D eigenvalue weighted by Crippen LogP contribution is -2.43. The molecule has 0 fully saturated rings. The molecular formula is C11H15N3O5S. The van der Waals surface area contributed by atoms with E-state index in [1.165, 1.54) is 24.3 Å². The lowest BCUT2D eigenvalue weighted by Gasteiger charge is -2.11. The van der Waals surface area contributed by atoms with Crippen LogP contribution in [-0.4, -0.2) is 32.9 Å². The van der Waals surface area contributed by atoms with Crippen LogP contribution in [0.25, 0.3) is 0 Å². The zero-order valence-electron chi connectivity index (χ0n) is 10.7. The van der Waals surface area contributed by atoms with E-state index >= 15 is 0 Å². The standard InChI is InChI=1S/C11H15N3O5S/c1-2-19-11(16)9(12)10(15)14-7-3-5-8(6-4-7)20(13,17)18/h3-6,9H,2,12H2,1H3,(H,14,15)(H2,13,17,18). The van der Waals surface area contributed by atoms with E-state index in [-0.39, 0.29) is 17.2 Å². The van der Waals surface area contributed by atoms with Gasteiger partial charge in [-0.15, -0.1) is 0 Å². The van der Waals surface area contributed by atoms with Gasteiger partial charge in [0.1, 0.15) is 0 Å². The maximum Gasteiger partial charge on any atom is 0.332 e. The largest absolute Gasteiger partial charge is 0.464 e. The van der Waals surface area contributed by atoms with E-state index in [1.54, 1.807) is 6.92 Å². The summed E-state index contributed by atoms with van der Waals surface area (Å²) in [5.74, 6) is -1.60. The van der Waals surface area contributed by atoms with Crippen LogP contribution in [0.5, 0.6) is 0 Å². The Morgan fingerprint density at radius 2 is 1.85 bits per heavy atom. The minimum Gasteiger partial charge on any atom is -0.464 e. The Morgan fingerprint density at radius 1 is 1.30 bits per heavy atom. The van der Waals surface area contributed by atoms with Crippen LogP contribution in [0.3, 0.4) is 0 Å². The van der Waals surface area contributed by atoms with Crippen LogP contribution in [0.4, 0.5) is 5.69 Å². The molecule has 0 saturated carbocycles. The summed E-state index contributed by atoms with van der Waals surface area (Å²) in [6.45, 7) is 1.71. The first kappa shape index (κ1) is 16.1. The Morgan fingerprint density at radius 3 is 2.30 bits per heavy atom. The zero-order valence-corrected chi connectivity index (χ0v) is 11.5. The maximum absolute atomic E-state index is 11.6. The van der Waals surface area contributed by atoms with Crippen LogP contribution in [0, 0.1) is 0 Å². The molecule has 0 aromatic heterocycles. The number of benzene rings is 1. The lowest BCUT2D eigenvalue weighted by molar-refractivity contribution is -0.146. The molecule has 0 aliphatic carbocycles. The van der Waals surface area contributed by atoms with Gasteiger partial charge in [-0.25, -0.2) is 18.4 Å². The molecule has 0 aliphatic rings. The number of carbonyl (C=O) groups excluding carboxylic acids is 2. The number of esters is 1. The summed E-state index contributed by atoms with van der Waals surface area (Å²) in [5, 5.41) is 7.29. The minimum absolute atomic E-state index is 0.0924. The number of ether oxygens (including phenoxy) is 1. The lowest BCUT2D eigenvalue weighted by atomic mass is 10.2. The second kappa shape index (κ2) is 6.46. The number of sulfonamides is 1. The van der Waals surface area contributed by atoms with Gasteiger partial charge in [0.15, 0.2) is 6.04 Å². The molecule has 0 spiro atoms. The van der Waals surface area contributed by atoms with E-state index in [0.717, 1.165) is 0 Å². The number of rotatable bonds is 5. The van der Waals surface area contributed by atoms with Crippen molar-refractivity contribution in [2.24, 2.45) is 10.9 Å². The number of carbonyl (C=O) groups is 2. The molecule has 9 heteroatoms. The Kier molecular flexibility index (Phi) is 5.19. The third-order valence-corrected chi connectivity index (χ3v) is 3.20. The second-order valence-electron chi connectivity index (χ2n) is 3.79. The van der Waals surface area contributed by atoms with Crippen LogP contribution in [0.15, 0.2) is 29.2 Å². The summed E-state index contributed by atoms with van der Waals surface area (Å²) < 4.78 is 26.7. The van der Waals surface area contributed by atoms with Crippen LogP contribution >= 0.6 is 0 Å². The van der Waals surface area contributed by atoms with Crippen molar-refractivity contribution < 1.29 is 22.7 Å². The van der Waals surface area contributed by atoms with E-state index in [9.17, 15) is 18.0 Å². The van der Waals surface area contributed by atoms with Gasteiger partial charge in [0.2, 0.25) is 10.0 Å². The fourth-order valence-electron chi connectivity index (χ4n) is 1.29. The molecule has 0 bridgehead atoms. The van der Waals surface area contributed by atoms with Crippen LogP contribution in [0.2, 0.25) is 0 Å². The topological polar surface area (TPSA) is 142 Å². The first-order valence-electron chi connectivity index (χ1n) is 5.61. The molecule has 0 heterocycles. The summed E-state index contributed by atoms with van der Waals surface area (Å²) >= 11 is 0. The van der Waals surface area contributed by atoms with Crippen molar-refractivity contribution in [1.82, 2.24) is 0 Å². The second-order valence-corrected chi connectivity index (χ2v) is 5.35. The van der Waals surface area contributed by atoms with Gasteiger partial charge in [-0.2, -0.15) is 0 Å². The number of hydrogen-bond donors (Lipinski definition) is 3. The third kappa shape index (κ3) is 4.30. The molecule has 5 N–H and O–H groups in total. The summed E-state index contributed by atoms with van der Waals surface area (Å²) in [6.07, 6.45) is 0. The molecule has 1 rings (SSSR count). The van der Waals surface area contributed by atoms with Crippen molar-refractivity contribution in [3.05, 3.63) is 24.3 Å². The van der Waals surface area contributed by atoms with Crippen molar-refractivity contribution in [3.8, 4) is 0 Å². The summed E-state index contributed by atoms with van der Waals surface area (Å²) in [5.41, 5.74) is 5.67. The Labute approximate surface area is 116 Å². The first-order valence-corrected chi connectivity index (χ1v) is 7.16. The molecule has 1 unspecified atom stereocenters. The average molecular weight is 301 g/mol. The minimum atomic E-state index is -3.80. The highest BCUT2D eigenvalue weighted by molar-refractivity contribution is 7.89. The highest BCUT2D eigenvalue weighted by Crippen LogP contribution is 2.12. The van der Waals surface area contributed by atoms with Crippen LogP contribution in [-0.2, 0) is 24.3 Å². The summed E-state index contributed by atoms with van der Waals surface area (Å²) in [6, 6.07) is 3.65. The van der Waals surface area contributed by atoms with Gasteiger partial charge in [0.05, 0.1) is 11.5 Å². The number of anilines is 1. The van der Waals surface area contributed by atoms with Crippen molar-refractivity contribution in [2.45, 2.75) is 17.9 Å². The number of nitrogens with two attached hydrogens (primary N) is 2. The molecule has 0 aliphatic heterocycles. The van der Waals surface area contributed by atoms with E-state index in [4.69, 9.17) is 10.9 Å². The normalized spacial score (nSPS) is 12.6. The number of nitrogens with one attached hydrogen (secondary N) is 1. The summed E-state index contributed by atoms with van der Waals surface area (Å²) in [4.78, 5) is 22.8. The van der Waals surface area contributed by atoms with Crippen molar-refractivity contribution in [2.75, 3.05) is 11.9 Å². The smallest absolute Gasteiger partial charge is 0.332 e. The molecule has 0 saturated heterocycles. The molecule has 1 aromatic rings. The van der Waals surface area contributed by atoms with Gasteiger partial charge in [-0.05, 0) is 31.2 Å². The fourth-order valence-corrected chi connectivity index (χ4v) is 1.80. The first-order chi connectivity index (χ1) is 9.25. The molecule has 0 radical (unpaired) electrons. The van der Waals surface area contributed by atoms with E-state index in [0.29, 0.717) is 0 Å². The highest BCUT2D eigenvalue weighted by atomic mass is 32.2. The predicted octanol–water partition coefficient (Wildman–Crippen LogP) is -0.837. The summed E-state index contributed by atoms with van der Waals surface area (Å²) in [7, 11) is -3.80. The van der Waals surface area contributed by atoms with Crippen LogP contribution < -0.4 is 16.2 Å². The number of primary sulfonamides is 1. The number of amides is 1. The maximum atomic E-state index is 11.6. The predicted molar refractivity (Wildman–Crippen MR) is 71.1 cm³/mol. The van der Waals surface area contributed by atoms with Crippen LogP contribution in [0.1, 0.15) is 6.92 Å². The van der Waals surface area contributed by atoms with Gasteiger partial charge < -0.3 is 15.8 Å². The van der Waals surface area contributed by atoms with E-state index in [2.05, 4.69) is 10.1 Å². The highest BCUT2D eigenvalue weighted by Gasteiger charge is 2.23. The molecule has 110 valence electrons. The van der Waals surface area contributed by atoms with Gasteiger partial charge in [0, 0.05) is 5.69 Å². The quantitative estimate of drug-likeness (QED) is 0.478. The molecule has 1 amide bonds. The Hall–Kier alpha value is -1.97. The van der Waals surface area contributed by atoms with E-state index < -0.39 is 27.9 Å². The Balaban J connectivity index is 2.74.